The number of unbranched alkanes of at least 4 members (excludes halogenated alkanes) is 37. The molecule has 0 fully saturated rings. The Balaban J connectivity index is 4.04. The van der Waals surface area contributed by atoms with Crippen LogP contribution in [0.4, 0.5) is 0 Å². The van der Waals surface area contributed by atoms with Crippen LogP contribution in [0, 0.1) is 0 Å². The first kappa shape index (κ1) is 83.9. The molecule has 0 radical (unpaired) electrons. The van der Waals surface area contributed by atoms with E-state index in [4.69, 9.17) is 18.5 Å². The van der Waals surface area contributed by atoms with Crippen LogP contribution >= 0.6 is 7.82 Å². The number of nitrogens with zero attached hydrogens (tertiary/aromatic N) is 1. The minimum Gasteiger partial charge on any atom is -0.462 e. The maximum Gasteiger partial charge on any atom is 0.472 e. The lowest BCUT2D eigenvalue weighted by Crippen LogP contribution is -2.37. The van der Waals surface area contributed by atoms with Crippen LogP contribution < -0.4 is 0 Å². The van der Waals surface area contributed by atoms with E-state index in [0.29, 0.717) is 23.9 Å². The number of phosphoric ester groups is 1. The zero-order valence-corrected chi connectivity index (χ0v) is 58.4. The van der Waals surface area contributed by atoms with E-state index in [2.05, 4.69) is 111 Å². The van der Waals surface area contributed by atoms with Gasteiger partial charge in [-0.15, -0.1) is 0 Å². The predicted octanol–water partition coefficient (Wildman–Crippen LogP) is 23.9. The van der Waals surface area contributed by atoms with Crippen LogP contribution in [0.1, 0.15) is 328 Å². The smallest absolute Gasteiger partial charge is 0.462 e. The number of allylic oxidation sites excluding steroid dienone is 16. The fraction of sp³-hybridized carbons (Fsp3) is 0.766. The second-order valence-electron chi connectivity index (χ2n) is 25.6. The number of hydrogen-bond acceptors (Lipinski definition) is 7. The summed E-state index contributed by atoms with van der Waals surface area (Å²) < 4.78 is 34.8. The highest BCUT2D eigenvalue weighted by Gasteiger charge is 2.27. The predicted molar refractivity (Wildman–Crippen MR) is 376 cm³/mol. The molecule has 0 aromatic heterocycles. The summed E-state index contributed by atoms with van der Waals surface area (Å²) in [7, 11) is 1.48. The number of quaternary nitrogens is 1. The van der Waals surface area contributed by atoms with Gasteiger partial charge in [0.05, 0.1) is 27.7 Å². The molecule has 0 aliphatic carbocycles. The first-order chi connectivity index (χ1) is 42.5. The lowest BCUT2D eigenvalue weighted by atomic mass is 10.0. The van der Waals surface area contributed by atoms with E-state index in [-0.39, 0.29) is 25.6 Å². The lowest BCUT2D eigenvalue weighted by Gasteiger charge is -2.24. The van der Waals surface area contributed by atoms with Crippen LogP contribution in [-0.2, 0) is 32.7 Å². The Hall–Kier alpha value is -3.07. The average Bonchev–Trinajstić information content (AvgIpc) is 3.56. The summed E-state index contributed by atoms with van der Waals surface area (Å²) >= 11 is 0. The third-order valence-corrected chi connectivity index (χ3v) is 16.9. The Kier molecular flexibility index (Phi) is 65.0. The van der Waals surface area contributed by atoms with Crippen molar-refractivity contribution in [2.75, 3.05) is 47.5 Å². The second kappa shape index (κ2) is 67.3. The summed E-state index contributed by atoms with van der Waals surface area (Å²) in [5.74, 6) is -0.788. The number of rotatable bonds is 67. The quantitative estimate of drug-likeness (QED) is 0.0211. The van der Waals surface area contributed by atoms with Crippen molar-refractivity contribution in [2.24, 2.45) is 0 Å². The van der Waals surface area contributed by atoms with Crippen LogP contribution in [-0.4, -0.2) is 74.9 Å². The Morgan fingerprint density at radius 3 is 0.977 bits per heavy atom. The third kappa shape index (κ3) is 71.9. The summed E-state index contributed by atoms with van der Waals surface area (Å²) in [6, 6.07) is 0. The zero-order chi connectivity index (χ0) is 63.4. The first-order valence-corrected chi connectivity index (χ1v) is 38.0. The van der Waals surface area contributed by atoms with Crippen LogP contribution in [0.3, 0.4) is 0 Å². The van der Waals surface area contributed by atoms with Gasteiger partial charge in [0.2, 0.25) is 0 Å². The fourth-order valence-corrected chi connectivity index (χ4v) is 11.1. The summed E-state index contributed by atoms with van der Waals surface area (Å²) in [6.45, 7) is 4.36. The van der Waals surface area contributed by atoms with Gasteiger partial charge < -0.3 is 18.9 Å². The maximum atomic E-state index is 12.9. The molecule has 9 nitrogen and oxygen atoms in total. The van der Waals surface area contributed by atoms with Crippen LogP contribution in [0.15, 0.2) is 97.2 Å². The molecule has 504 valence electrons. The number of hydrogen-bond donors (Lipinski definition) is 1. The van der Waals surface area contributed by atoms with Crippen LogP contribution in [0.2, 0.25) is 0 Å². The van der Waals surface area contributed by atoms with Gasteiger partial charge in [-0.3, -0.25) is 18.6 Å². The Bertz CT molecular complexity index is 1790. The molecule has 0 bridgehead atoms. The molecule has 0 aromatic rings. The van der Waals surface area contributed by atoms with Crippen molar-refractivity contribution in [3.05, 3.63) is 97.2 Å². The fourth-order valence-electron chi connectivity index (χ4n) is 10.3. The minimum absolute atomic E-state index is 0.0299. The number of carbonyl (C=O) groups excluding carboxylic acids is 2. The minimum atomic E-state index is -4.40. The zero-order valence-electron chi connectivity index (χ0n) is 57.5. The SMILES string of the molecule is CC/C=C\C/C=C\C/C=C\C/C=C\C/C=C\C/C=C\C/C=C\C/C=C\CCCCCCCCCCCCCCC(=O)OC(COC(=O)CCCCCCCCCCCCCCCCCCCCCCCCCCCC)COP(=O)(O)OCC[N+](C)(C)C. The normalized spacial score (nSPS) is 13.7. The van der Waals surface area contributed by atoms with Crippen molar-refractivity contribution < 1.29 is 42.1 Å². The van der Waals surface area contributed by atoms with E-state index in [0.717, 1.165) is 89.9 Å². The summed E-state index contributed by atoms with van der Waals surface area (Å²) in [6.07, 6.45) is 93.8. The number of ether oxygens (including phenoxy) is 2. The second-order valence-corrected chi connectivity index (χ2v) is 27.1. The largest absolute Gasteiger partial charge is 0.472 e. The van der Waals surface area contributed by atoms with Crippen molar-refractivity contribution in [3.63, 3.8) is 0 Å². The van der Waals surface area contributed by atoms with Gasteiger partial charge in [-0.2, -0.15) is 0 Å². The molecular formula is C77H139NO8P+. The molecule has 0 aromatic carbocycles. The van der Waals surface area contributed by atoms with E-state index in [1.54, 1.807) is 0 Å². The van der Waals surface area contributed by atoms with Crippen molar-refractivity contribution in [1.29, 1.82) is 0 Å². The van der Waals surface area contributed by atoms with Gasteiger partial charge >= 0.3 is 19.8 Å². The number of likely N-dealkylation sites (N-methyl/N-ethyl adjacent to an activating group) is 1. The molecule has 10 heteroatoms. The molecule has 87 heavy (non-hydrogen) atoms. The third-order valence-electron chi connectivity index (χ3n) is 15.9. The van der Waals surface area contributed by atoms with E-state index in [1.807, 2.05) is 21.1 Å². The van der Waals surface area contributed by atoms with Gasteiger partial charge in [0.1, 0.15) is 19.8 Å². The van der Waals surface area contributed by atoms with E-state index in [9.17, 15) is 19.0 Å². The van der Waals surface area contributed by atoms with Gasteiger partial charge in [-0.05, 0) is 77.0 Å². The van der Waals surface area contributed by atoms with Gasteiger partial charge in [0.25, 0.3) is 0 Å². The van der Waals surface area contributed by atoms with E-state index < -0.39 is 26.5 Å². The number of esters is 2. The van der Waals surface area contributed by atoms with Crippen molar-refractivity contribution in [3.8, 4) is 0 Å². The monoisotopic (exact) mass is 1240 g/mol. The van der Waals surface area contributed by atoms with Crippen molar-refractivity contribution >= 4 is 19.8 Å². The van der Waals surface area contributed by atoms with Crippen molar-refractivity contribution in [2.45, 2.75) is 335 Å². The van der Waals surface area contributed by atoms with Gasteiger partial charge in [-0.25, -0.2) is 4.57 Å². The average molecular weight is 1240 g/mol. The summed E-state index contributed by atoms with van der Waals surface area (Å²) in [5, 5.41) is 0. The molecule has 2 unspecified atom stereocenters. The lowest BCUT2D eigenvalue weighted by molar-refractivity contribution is -0.870. The molecular weight excluding hydrogens is 1100 g/mol. The molecule has 2 atom stereocenters. The topological polar surface area (TPSA) is 108 Å². The molecule has 0 spiro atoms. The first-order valence-electron chi connectivity index (χ1n) is 36.5. The Labute approximate surface area is 538 Å². The molecule has 1 N–H and O–H groups in total. The van der Waals surface area contributed by atoms with Crippen molar-refractivity contribution in [1.82, 2.24) is 0 Å². The highest BCUT2D eigenvalue weighted by molar-refractivity contribution is 7.47. The van der Waals surface area contributed by atoms with E-state index >= 15 is 0 Å². The van der Waals surface area contributed by atoms with Gasteiger partial charge in [0, 0.05) is 12.8 Å². The molecule has 0 rings (SSSR count). The molecule has 0 saturated heterocycles. The number of carbonyl (C=O) groups is 2. The molecule has 0 aliphatic heterocycles. The van der Waals surface area contributed by atoms with E-state index in [1.165, 1.54) is 205 Å². The van der Waals surface area contributed by atoms with Gasteiger partial charge in [-0.1, -0.05) is 336 Å². The number of phosphoric acid groups is 1. The highest BCUT2D eigenvalue weighted by atomic mass is 31.2. The standard InChI is InChI=1S/C77H138NO8P/c1-6-8-10-12-14-16-18-20-22-24-26-28-30-32-34-35-36-37-38-39-40-41-42-43-44-46-48-50-52-54-56-58-60-62-64-66-68-70-77(80)86-75(74-85-87(81,82)84-72-71-78(3,4)5)73-83-76(79)69-67-65-63-61-59-57-55-53-51-49-47-45-33-31-29-27-25-23-21-19-17-15-13-11-9-7-2/h8,10,14,16,20,22,26,28,32,34,36-37,39-40,42-43,75H,6-7,9,11-13,15,17-19,21,23-25,27,29-31,33,35,38,41,44-74H2,1-5H3/p+1/b10-8-,16-14-,22-20-,28-26-,34-32-,37-36-,40-39-,43-42-. The van der Waals surface area contributed by atoms with Crippen LogP contribution in [0.5, 0.6) is 0 Å². The molecule has 0 aliphatic rings. The van der Waals surface area contributed by atoms with Gasteiger partial charge in [0.15, 0.2) is 6.10 Å². The summed E-state index contributed by atoms with van der Waals surface area (Å²) in [4.78, 5) is 35.9. The highest BCUT2D eigenvalue weighted by Crippen LogP contribution is 2.43. The maximum absolute atomic E-state index is 12.9. The molecule has 0 amide bonds. The summed E-state index contributed by atoms with van der Waals surface area (Å²) in [5.41, 5.74) is 0. The van der Waals surface area contributed by atoms with Crippen LogP contribution in [0.25, 0.3) is 0 Å². The Morgan fingerprint density at radius 2 is 0.655 bits per heavy atom. The molecule has 0 heterocycles. The molecule has 0 saturated carbocycles. The Morgan fingerprint density at radius 1 is 0.368 bits per heavy atom.